The maximum atomic E-state index is 6.18. The largest absolute Gasteiger partial charge is 0.353 e. The number of aryl methyl sites for hydroxylation is 1. The van der Waals surface area contributed by atoms with Crippen molar-refractivity contribution in [2.45, 2.75) is 66.3 Å². The Bertz CT molecular complexity index is 403. The van der Waals surface area contributed by atoms with Gasteiger partial charge in [-0.2, -0.15) is 0 Å². The first kappa shape index (κ1) is 17.2. The van der Waals surface area contributed by atoms with E-state index < -0.39 is 0 Å². The Morgan fingerprint density at radius 3 is 2.30 bits per heavy atom. The molecule has 0 aromatic carbocycles. The molecule has 0 radical (unpaired) electrons. The van der Waals surface area contributed by atoms with E-state index in [0.717, 1.165) is 43.9 Å². The molecule has 4 heteroatoms. The molecule has 114 valence electrons. The van der Waals surface area contributed by atoms with E-state index in [4.69, 9.17) is 16.6 Å². The standard InChI is InChI=1S/C16H28ClN3/c1-6-9-15-18-14(17)10-16(19-15)20(11-12(4)5)13(7-2)8-3/h10,12-13H,6-9,11H2,1-5H3. The van der Waals surface area contributed by atoms with Crippen LogP contribution in [-0.4, -0.2) is 22.6 Å². The van der Waals surface area contributed by atoms with Crippen molar-refractivity contribution < 1.29 is 0 Å². The van der Waals surface area contributed by atoms with Crippen LogP contribution in [0.4, 0.5) is 5.82 Å². The maximum absolute atomic E-state index is 6.18. The van der Waals surface area contributed by atoms with Gasteiger partial charge in [0, 0.05) is 25.1 Å². The molecule has 1 aromatic rings. The van der Waals surface area contributed by atoms with Crippen LogP contribution in [0.2, 0.25) is 5.15 Å². The highest BCUT2D eigenvalue weighted by molar-refractivity contribution is 6.29. The SMILES string of the molecule is CCCc1nc(Cl)cc(N(CC(C)C)C(CC)CC)n1. The monoisotopic (exact) mass is 297 g/mol. The number of hydrogen-bond acceptors (Lipinski definition) is 3. The van der Waals surface area contributed by atoms with E-state index in [0.29, 0.717) is 17.1 Å². The predicted molar refractivity (Wildman–Crippen MR) is 87.6 cm³/mol. The van der Waals surface area contributed by atoms with E-state index >= 15 is 0 Å². The van der Waals surface area contributed by atoms with Crippen LogP contribution >= 0.6 is 11.6 Å². The quantitative estimate of drug-likeness (QED) is 0.649. The van der Waals surface area contributed by atoms with Crippen molar-refractivity contribution in [1.29, 1.82) is 0 Å². The smallest absolute Gasteiger partial charge is 0.134 e. The Morgan fingerprint density at radius 2 is 1.80 bits per heavy atom. The van der Waals surface area contributed by atoms with Gasteiger partial charge < -0.3 is 4.90 Å². The average Bonchev–Trinajstić information content (AvgIpc) is 2.38. The normalized spacial score (nSPS) is 11.4. The van der Waals surface area contributed by atoms with Gasteiger partial charge in [-0.05, 0) is 25.2 Å². The van der Waals surface area contributed by atoms with Crippen LogP contribution in [0, 0.1) is 5.92 Å². The highest BCUT2D eigenvalue weighted by Gasteiger charge is 2.19. The Labute approximate surface area is 128 Å². The molecular weight excluding hydrogens is 270 g/mol. The summed E-state index contributed by atoms with van der Waals surface area (Å²) in [6.45, 7) is 12.1. The Hall–Kier alpha value is -0.830. The minimum atomic E-state index is 0.512. The lowest BCUT2D eigenvalue weighted by Gasteiger charge is -2.33. The van der Waals surface area contributed by atoms with E-state index in [1.165, 1.54) is 0 Å². The first-order valence-electron chi connectivity index (χ1n) is 7.81. The van der Waals surface area contributed by atoms with Gasteiger partial charge in [-0.15, -0.1) is 0 Å². The summed E-state index contributed by atoms with van der Waals surface area (Å²) < 4.78 is 0. The molecule has 0 spiro atoms. The van der Waals surface area contributed by atoms with Gasteiger partial charge in [0.2, 0.25) is 0 Å². The fraction of sp³-hybridized carbons (Fsp3) is 0.750. The number of halogens is 1. The van der Waals surface area contributed by atoms with E-state index in [-0.39, 0.29) is 0 Å². The van der Waals surface area contributed by atoms with Crippen LogP contribution in [0.15, 0.2) is 6.07 Å². The lowest BCUT2D eigenvalue weighted by molar-refractivity contribution is 0.502. The second-order valence-corrected chi connectivity index (χ2v) is 6.12. The molecule has 3 nitrogen and oxygen atoms in total. The molecule has 0 unspecified atom stereocenters. The molecule has 0 saturated heterocycles. The van der Waals surface area contributed by atoms with Gasteiger partial charge in [0.25, 0.3) is 0 Å². The number of anilines is 1. The second-order valence-electron chi connectivity index (χ2n) is 5.73. The van der Waals surface area contributed by atoms with E-state index in [9.17, 15) is 0 Å². The van der Waals surface area contributed by atoms with Crippen LogP contribution < -0.4 is 4.90 Å². The molecular formula is C16H28ClN3. The van der Waals surface area contributed by atoms with E-state index in [1.807, 2.05) is 6.07 Å². The van der Waals surface area contributed by atoms with Gasteiger partial charge in [0.1, 0.15) is 16.8 Å². The third-order valence-electron chi connectivity index (χ3n) is 3.44. The van der Waals surface area contributed by atoms with Gasteiger partial charge in [-0.3, -0.25) is 0 Å². The van der Waals surface area contributed by atoms with Crippen LogP contribution in [0.1, 0.15) is 59.7 Å². The summed E-state index contributed by atoms with van der Waals surface area (Å²) >= 11 is 6.18. The summed E-state index contributed by atoms with van der Waals surface area (Å²) in [5.74, 6) is 2.43. The zero-order valence-electron chi connectivity index (χ0n) is 13.5. The van der Waals surface area contributed by atoms with Crippen molar-refractivity contribution in [1.82, 2.24) is 9.97 Å². The van der Waals surface area contributed by atoms with Gasteiger partial charge in [-0.1, -0.05) is 46.2 Å². The Morgan fingerprint density at radius 1 is 1.15 bits per heavy atom. The van der Waals surface area contributed by atoms with E-state index in [1.54, 1.807) is 0 Å². The summed E-state index contributed by atoms with van der Waals surface area (Å²) in [4.78, 5) is 11.4. The molecule has 0 aliphatic heterocycles. The molecule has 0 bridgehead atoms. The predicted octanol–water partition coefficient (Wildman–Crippen LogP) is 4.73. The third kappa shape index (κ3) is 4.93. The molecule has 0 atom stereocenters. The number of rotatable bonds is 8. The first-order valence-corrected chi connectivity index (χ1v) is 8.19. The second kappa shape index (κ2) is 8.46. The summed E-state index contributed by atoms with van der Waals surface area (Å²) in [6.07, 6.45) is 4.16. The number of aromatic nitrogens is 2. The molecule has 1 heterocycles. The van der Waals surface area contributed by atoms with Gasteiger partial charge >= 0.3 is 0 Å². The molecule has 0 fully saturated rings. The van der Waals surface area contributed by atoms with Gasteiger partial charge in [-0.25, -0.2) is 9.97 Å². The van der Waals surface area contributed by atoms with Crippen LogP contribution in [0.25, 0.3) is 0 Å². The van der Waals surface area contributed by atoms with Crippen molar-refractivity contribution in [3.8, 4) is 0 Å². The lowest BCUT2D eigenvalue weighted by Crippen LogP contribution is -2.38. The van der Waals surface area contributed by atoms with Crippen LogP contribution in [0.3, 0.4) is 0 Å². The van der Waals surface area contributed by atoms with Crippen LogP contribution in [0.5, 0.6) is 0 Å². The van der Waals surface area contributed by atoms with Gasteiger partial charge in [0.05, 0.1) is 0 Å². The highest BCUT2D eigenvalue weighted by atomic mass is 35.5. The topological polar surface area (TPSA) is 29.0 Å². The summed E-state index contributed by atoms with van der Waals surface area (Å²) in [5.41, 5.74) is 0. The fourth-order valence-corrected chi connectivity index (χ4v) is 2.68. The zero-order chi connectivity index (χ0) is 15.1. The third-order valence-corrected chi connectivity index (χ3v) is 3.63. The number of hydrogen-bond donors (Lipinski definition) is 0. The molecule has 0 aliphatic rings. The molecule has 0 saturated carbocycles. The first-order chi connectivity index (χ1) is 9.51. The minimum absolute atomic E-state index is 0.512. The Balaban J connectivity index is 3.11. The lowest BCUT2D eigenvalue weighted by atomic mass is 10.1. The van der Waals surface area contributed by atoms with Gasteiger partial charge in [0.15, 0.2) is 0 Å². The minimum Gasteiger partial charge on any atom is -0.353 e. The number of nitrogens with zero attached hydrogens (tertiary/aromatic N) is 3. The van der Waals surface area contributed by atoms with Crippen molar-refractivity contribution in [3.05, 3.63) is 17.0 Å². The summed E-state index contributed by atoms with van der Waals surface area (Å²) in [7, 11) is 0. The molecule has 1 aromatic heterocycles. The fourth-order valence-electron chi connectivity index (χ4n) is 2.49. The van der Waals surface area contributed by atoms with Crippen molar-refractivity contribution >= 4 is 17.4 Å². The molecule has 1 rings (SSSR count). The van der Waals surface area contributed by atoms with Crippen LogP contribution in [-0.2, 0) is 6.42 Å². The molecule has 0 amide bonds. The Kier molecular flexibility index (Phi) is 7.28. The maximum Gasteiger partial charge on any atom is 0.134 e. The summed E-state index contributed by atoms with van der Waals surface area (Å²) in [5, 5.41) is 0.554. The molecule has 20 heavy (non-hydrogen) atoms. The molecule has 0 aliphatic carbocycles. The van der Waals surface area contributed by atoms with E-state index in [2.05, 4.69) is 44.5 Å². The van der Waals surface area contributed by atoms with Crippen molar-refractivity contribution in [3.63, 3.8) is 0 Å². The highest BCUT2D eigenvalue weighted by Crippen LogP contribution is 2.23. The summed E-state index contributed by atoms with van der Waals surface area (Å²) in [6, 6.07) is 2.42. The molecule has 0 N–H and O–H groups in total. The van der Waals surface area contributed by atoms with Crippen molar-refractivity contribution in [2.24, 2.45) is 5.92 Å². The average molecular weight is 298 g/mol. The van der Waals surface area contributed by atoms with Crippen molar-refractivity contribution in [2.75, 3.05) is 11.4 Å². The zero-order valence-corrected chi connectivity index (χ0v) is 14.2.